The van der Waals surface area contributed by atoms with Crippen LogP contribution in [-0.2, 0) is 32.7 Å². The molecule has 0 bridgehead atoms. The number of hydrogen-bond donors (Lipinski definition) is 3. The van der Waals surface area contributed by atoms with Crippen molar-refractivity contribution in [2.75, 3.05) is 26.4 Å². The highest BCUT2D eigenvalue weighted by molar-refractivity contribution is 7.47. The van der Waals surface area contributed by atoms with Crippen molar-refractivity contribution in [2.45, 2.75) is 174 Å². The van der Waals surface area contributed by atoms with Gasteiger partial charge >= 0.3 is 19.8 Å². The molecule has 0 saturated heterocycles. The molecule has 272 valence electrons. The zero-order chi connectivity index (χ0) is 34.1. The summed E-state index contributed by atoms with van der Waals surface area (Å²) in [6.45, 7) is 2.14. The second kappa shape index (κ2) is 32.3. The van der Waals surface area contributed by atoms with Gasteiger partial charge in [0, 0.05) is 12.8 Å². The maximum Gasteiger partial charge on any atom is 0.472 e. The molecule has 0 fully saturated rings. The number of rotatable bonds is 34. The quantitative estimate of drug-likeness (QED) is 0.0262. The molecule has 0 aliphatic rings. The fourth-order valence-corrected chi connectivity index (χ4v) is 5.66. The molecule has 0 radical (unpaired) electrons. The number of aliphatic hydroxyl groups is 2. The molecule has 3 N–H and O–H groups in total. The highest BCUT2D eigenvalue weighted by Gasteiger charge is 2.27. The first-order valence-electron chi connectivity index (χ1n) is 18.1. The van der Waals surface area contributed by atoms with Crippen molar-refractivity contribution in [3.05, 3.63) is 12.2 Å². The highest BCUT2D eigenvalue weighted by Crippen LogP contribution is 2.43. The molecular formula is C35H67O10P. The van der Waals surface area contributed by atoms with Crippen molar-refractivity contribution in [3.8, 4) is 0 Å². The second-order valence-corrected chi connectivity index (χ2v) is 13.7. The van der Waals surface area contributed by atoms with E-state index in [0.717, 1.165) is 57.8 Å². The van der Waals surface area contributed by atoms with E-state index in [1.165, 1.54) is 64.2 Å². The van der Waals surface area contributed by atoms with Gasteiger partial charge in [-0.15, -0.1) is 0 Å². The van der Waals surface area contributed by atoms with E-state index in [1.54, 1.807) is 0 Å². The first kappa shape index (κ1) is 44.7. The van der Waals surface area contributed by atoms with Gasteiger partial charge in [-0.2, -0.15) is 0 Å². The van der Waals surface area contributed by atoms with Crippen LogP contribution in [0.5, 0.6) is 0 Å². The summed E-state index contributed by atoms with van der Waals surface area (Å²) in [4.78, 5) is 34.2. The Balaban J connectivity index is 3.99. The molecule has 0 aliphatic heterocycles. The number of hydrogen-bond acceptors (Lipinski definition) is 9. The molecule has 0 aliphatic carbocycles. The Hall–Kier alpha value is -1.29. The topological polar surface area (TPSA) is 149 Å². The van der Waals surface area contributed by atoms with Crippen LogP contribution < -0.4 is 0 Å². The van der Waals surface area contributed by atoms with Crippen molar-refractivity contribution in [2.24, 2.45) is 0 Å². The number of aliphatic hydroxyl groups excluding tert-OH is 2. The number of esters is 2. The van der Waals surface area contributed by atoms with Crippen LogP contribution in [0.4, 0.5) is 0 Å². The second-order valence-electron chi connectivity index (χ2n) is 12.2. The Labute approximate surface area is 279 Å². The predicted octanol–water partition coefficient (Wildman–Crippen LogP) is 8.50. The summed E-state index contributed by atoms with van der Waals surface area (Å²) in [6.07, 6.45) is 26.3. The van der Waals surface area contributed by atoms with E-state index in [-0.39, 0.29) is 12.8 Å². The Kier molecular flexibility index (Phi) is 31.4. The molecule has 0 aromatic rings. The summed E-state index contributed by atoms with van der Waals surface area (Å²) in [5.41, 5.74) is 0. The standard InChI is InChI=1S/C35H67O10P/c1-3-5-7-9-11-13-14-15-16-17-18-19-21-23-25-27-35(39)45-33(29-37)31-43-46(40,41)42-30-32(28-36)44-34(38)26-24-22-20-12-10-8-6-4-2/h15-16,32-33,36-37H,3-14,17-31H2,1-2H3,(H,40,41)/b16-15-. The number of ether oxygens (including phenoxy) is 2. The van der Waals surface area contributed by atoms with E-state index in [1.807, 2.05) is 0 Å². The van der Waals surface area contributed by atoms with E-state index >= 15 is 0 Å². The molecule has 0 rings (SSSR count). The van der Waals surface area contributed by atoms with E-state index in [0.29, 0.717) is 12.8 Å². The fourth-order valence-electron chi connectivity index (χ4n) is 4.87. The number of allylic oxidation sites excluding steroid dienone is 2. The van der Waals surface area contributed by atoms with Crippen LogP contribution in [0.3, 0.4) is 0 Å². The lowest BCUT2D eigenvalue weighted by Crippen LogP contribution is -2.28. The zero-order valence-corrected chi connectivity index (χ0v) is 29.9. The number of phosphoric acid groups is 1. The summed E-state index contributed by atoms with van der Waals surface area (Å²) in [6, 6.07) is 0. The Bertz CT molecular complexity index is 791. The lowest BCUT2D eigenvalue weighted by atomic mass is 10.1. The summed E-state index contributed by atoms with van der Waals surface area (Å²) >= 11 is 0. The van der Waals surface area contributed by atoms with E-state index in [9.17, 15) is 29.3 Å². The van der Waals surface area contributed by atoms with Gasteiger partial charge in [-0.3, -0.25) is 18.6 Å². The SMILES string of the molecule is CCCCCCCC/C=C\CCCCCCCC(=O)OC(CO)COP(=O)(O)OCC(CO)OC(=O)CCCCCCCCCC. The molecule has 0 heterocycles. The molecule has 0 amide bonds. The number of phosphoric ester groups is 1. The smallest absolute Gasteiger partial charge is 0.457 e. The normalized spacial score (nSPS) is 14.3. The third-order valence-electron chi connectivity index (χ3n) is 7.73. The van der Waals surface area contributed by atoms with Gasteiger partial charge in [-0.1, -0.05) is 122 Å². The van der Waals surface area contributed by atoms with Crippen LogP contribution in [-0.4, -0.2) is 65.7 Å². The minimum atomic E-state index is -4.62. The Morgan fingerprint density at radius 2 is 0.891 bits per heavy atom. The van der Waals surface area contributed by atoms with Gasteiger partial charge in [0.1, 0.15) is 12.2 Å². The van der Waals surface area contributed by atoms with Crippen molar-refractivity contribution < 1.29 is 47.8 Å². The fraction of sp³-hybridized carbons (Fsp3) is 0.886. The van der Waals surface area contributed by atoms with Crippen molar-refractivity contribution >= 4 is 19.8 Å². The maximum atomic E-state index is 12.3. The molecular weight excluding hydrogens is 611 g/mol. The van der Waals surface area contributed by atoms with Gasteiger partial charge in [0.2, 0.25) is 0 Å². The number of carbonyl (C=O) groups excluding carboxylic acids is 2. The molecule has 3 atom stereocenters. The van der Waals surface area contributed by atoms with Crippen molar-refractivity contribution in [1.29, 1.82) is 0 Å². The molecule has 0 spiro atoms. The third kappa shape index (κ3) is 30.1. The summed E-state index contributed by atoms with van der Waals surface area (Å²) < 4.78 is 32.3. The summed E-state index contributed by atoms with van der Waals surface area (Å²) in [7, 11) is -4.62. The molecule has 10 nitrogen and oxygen atoms in total. The molecule has 46 heavy (non-hydrogen) atoms. The highest BCUT2D eigenvalue weighted by atomic mass is 31.2. The largest absolute Gasteiger partial charge is 0.472 e. The van der Waals surface area contributed by atoms with Gasteiger partial charge in [0.05, 0.1) is 26.4 Å². The van der Waals surface area contributed by atoms with Gasteiger partial charge in [0.25, 0.3) is 0 Å². The van der Waals surface area contributed by atoms with Gasteiger partial charge < -0.3 is 24.6 Å². The van der Waals surface area contributed by atoms with Gasteiger partial charge in [-0.25, -0.2) is 4.57 Å². The lowest BCUT2D eigenvalue weighted by Gasteiger charge is -2.20. The maximum absolute atomic E-state index is 12.3. The van der Waals surface area contributed by atoms with Gasteiger partial charge in [0.15, 0.2) is 0 Å². The number of carbonyl (C=O) groups is 2. The molecule has 11 heteroatoms. The Morgan fingerprint density at radius 1 is 0.565 bits per heavy atom. The minimum Gasteiger partial charge on any atom is -0.457 e. The van der Waals surface area contributed by atoms with Crippen LogP contribution in [0.1, 0.15) is 162 Å². The summed E-state index contributed by atoms with van der Waals surface area (Å²) in [5, 5.41) is 19.0. The third-order valence-corrected chi connectivity index (χ3v) is 8.68. The van der Waals surface area contributed by atoms with Crippen molar-refractivity contribution in [1.82, 2.24) is 0 Å². The minimum absolute atomic E-state index is 0.185. The van der Waals surface area contributed by atoms with Gasteiger partial charge in [-0.05, 0) is 38.5 Å². The van der Waals surface area contributed by atoms with Crippen LogP contribution in [0.25, 0.3) is 0 Å². The average Bonchev–Trinajstić information content (AvgIpc) is 3.04. The van der Waals surface area contributed by atoms with Crippen LogP contribution in [0, 0.1) is 0 Å². The zero-order valence-electron chi connectivity index (χ0n) is 29.0. The predicted molar refractivity (Wildman–Crippen MR) is 182 cm³/mol. The van der Waals surface area contributed by atoms with Crippen LogP contribution in [0.15, 0.2) is 12.2 Å². The number of unbranched alkanes of at least 4 members (excludes halogenated alkanes) is 18. The Morgan fingerprint density at radius 3 is 1.24 bits per heavy atom. The molecule has 0 saturated carbocycles. The molecule has 3 unspecified atom stereocenters. The van der Waals surface area contributed by atoms with Crippen LogP contribution >= 0.6 is 7.82 Å². The van der Waals surface area contributed by atoms with E-state index in [2.05, 4.69) is 26.0 Å². The first-order valence-corrected chi connectivity index (χ1v) is 19.6. The van der Waals surface area contributed by atoms with Crippen molar-refractivity contribution in [3.63, 3.8) is 0 Å². The van der Waals surface area contributed by atoms with Crippen LogP contribution in [0.2, 0.25) is 0 Å². The lowest BCUT2D eigenvalue weighted by molar-refractivity contribution is -0.153. The molecule has 0 aromatic carbocycles. The molecule has 0 aromatic heterocycles. The summed E-state index contributed by atoms with van der Waals surface area (Å²) in [5.74, 6) is -1.03. The van der Waals surface area contributed by atoms with E-state index in [4.69, 9.17) is 18.5 Å². The first-order chi connectivity index (χ1) is 22.3. The van der Waals surface area contributed by atoms with E-state index < -0.39 is 58.4 Å². The monoisotopic (exact) mass is 678 g/mol. The average molecular weight is 679 g/mol.